The molecule has 3 N–H and O–H groups in total. The topological polar surface area (TPSA) is 79.5 Å². The van der Waals surface area contributed by atoms with Gasteiger partial charge in [0.1, 0.15) is 0 Å². The second kappa shape index (κ2) is 6.81. The number of pyridine rings is 1. The number of carbonyl (C=O) groups excluding carboxylic acids is 1. The molecule has 3 atom stereocenters. The molecule has 2 rings (SSSR count). The summed E-state index contributed by atoms with van der Waals surface area (Å²) in [6.45, 7) is 0.647. The van der Waals surface area contributed by atoms with Crippen molar-refractivity contribution in [1.29, 1.82) is 0 Å². The molecule has 0 saturated heterocycles. The Morgan fingerprint density at radius 1 is 1.50 bits per heavy atom. The first-order valence-electron chi connectivity index (χ1n) is 7.16. The quantitative estimate of drug-likeness (QED) is 0.843. The zero-order valence-corrected chi connectivity index (χ0v) is 11.9. The highest BCUT2D eigenvalue weighted by Gasteiger charge is 2.32. The number of aliphatic hydroxyl groups excluding tert-OH is 1. The SMILES string of the molecule is CN(CCc1ccccn1)C(=O)[C@H]1CC[C@@H](N)[C@H](O)C1. The minimum atomic E-state index is -0.554. The van der Waals surface area contributed by atoms with Gasteiger partial charge in [-0.05, 0) is 31.4 Å². The zero-order valence-electron chi connectivity index (χ0n) is 11.9. The smallest absolute Gasteiger partial charge is 0.225 e. The third-order valence-electron chi connectivity index (χ3n) is 4.02. The summed E-state index contributed by atoms with van der Waals surface area (Å²) in [5.41, 5.74) is 6.75. The van der Waals surface area contributed by atoms with Gasteiger partial charge in [0.25, 0.3) is 0 Å². The molecule has 0 unspecified atom stereocenters. The van der Waals surface area contributed by atoms with Crippen LogP contribution in [0.15, 0.2) is 24.4 Å². The minimum absolute atomic E-state index is 0.0986. The molecule has 5 heteroatoms. The first-order valence-corrected chi connectivity index (χ1v) is 7.16. The fraction of sp³-hybridized carbons (Fsp3) is 0.600. The number of hydrogen-bond acceptors (Lipinski definition) is 4. The summed E-state index contributed by atoms with van der Waals surface area (Å²) < 4.78 is 0. The molecule has 1 saturated carbocycles. The van der Waals surface area contributed by atoms with Crippen molar-refractivity contribution in [2.45, 2.75) is 37.8 Å². The van der Waals surface area contributed by atoms with Crippen LogP contribution in [0.1, 0.15) is 25.0 Å². The van der Waals surface area contributed by atoms with Crippen LogP contribution in [-0.2, 0) is 11.2 Å². The molecule has 1 aromatic rings. The Bertz CT molecular complexity index is 438. The van der Waals surface area contributed by atoms with Crippen LogP contribution in [0.3, 0.4) is 0 Å². The largest absolute Gasteiger partial charge is 0.391 e. The first-order chi connectivity index (χ1) is 9.58. The molecule has 0 radical (unpaired) electrons. The number of nitrogens with zero attached hydrogens (tertiary/aromatic N) is 2. The molecule has 0 aliphatic heterocycles. The van der Waals surface area contributed by atoms with Gasteiger partial charge in [-0.1, -0.05) is 6.07 Å². The molecule has 20 heavy (non-hydrogen) atoms. The third kappa shape index (κ3) is 3.77. The summed E-state index contributed by atoms with van der Waals surface area (Å²) >= 11 is 0. The predicted octanol–water partition coefficient (Wildman–Crippen LogP) is 0.571. The lowest BCUT2D eigenvalue weighted by Gasteiger charge is -2.32. The highest BCUT2D eigenvalue weighted by Crippen LogP contribution is 2.25. The summed E-state index contributed by atoms with van der Waals surface area (Å²) in [5, 5.41) is 9.78. The number of hydrogen-bond donors (Lipinski definition) is 2. The lowest BCUT2D eigenvalue weighted by atomic mass is 9.83. The maximum atomic E-state index is 12.3. The average molecular weight is 277 g/mol. The average Bonchev–Trinajstić information content (AvgIpc) is 2.48. The van der Waals surface area contributed by atoms with E-state index in [4.69, 9.17) is 5.73 Å². The number of aliphatic hydroxyl groups is 1. The molecule has 0 spiro atoms. The van der Waals surface area contributed by atoms with E-state index in [1.165, 1.54) is 0 Å². The van der Waals surface area contributed by atoms with Crippen molar-refractivity contribution in [2.75, 3.05) is 13.6 Å². The van der Waals surface area contributed by atoms with E-state index in [0.29, 0.717) is 19.4 Å². The normalized spacial score (nSPS) is 26.2. The van der Waals surface area contributed by atoms with E-state index in [1.54, 1.807) is 11.1 Å². The third-order valence-corrected chi connectivity index (χ3v) is 4.02. The van der Waals surface area contributed by atoms with Crippen LogP contribution in [0, 0.1) is 5.92 Å². The fourth-order valence-corrected chi connectivity index (χ4v) is 2.64. The number of likely N-dealkylation sites (N-methyl/N-ethyl adjacent to an activating group) is 1. The van der Waals surface area contributed by atoms with Gasteiger partial charge >= 0.3 is 0 Å². The molecule has 1 aromatic heterocycles. The van der Waals surface area contributed by atoms with Crippen molar-refractivity contribution in [3.8, 4) is 0 Å². The number of aromatic nitrogens is 1. The minimum Gasteiger partial charge on any atom is -0.391 e. The van der Waals surface area contributed by atoms with Crippen molar-refractivity contribution in [2.24, 2.45) is 11.7 Å². The lowest BCUT2D eigenvalue weighted by molar-refractivity contribution is -0.136. The summed E-state index contributed by atoms with van der Waals surface area (Å²) in [4.78, 5) is 18.3. The second-order valence-electron chi connectivity index (χ2n) is 5.57. The second-order valence-corrected chi connectivity index (χ2v) is 5.57. The zero-order chi connectivity index (χ0) is 14.5. The van der Waals surface area contributed by atoms with Crippen LogP contribution in [0.2, 0.25) is 0 Å². The van der Waals surface area contributed by atoms with Gasteiger partial charge in [0.2, 0.25) is 5.91 Å². The summed E-state index contributed by atoms with van der Waals surface area (Å²) in [5.74, 6) is 0.00501. The van der Waals surface area contributed by atoms with Gasteiger partial charge in [-0.3, -0.25) is 9.78 Å². The Balaban J connectivity index is 1.83. The van der Waals surface area contributed by atoms with E-state index in [1.807, 2.05) is 25.2 Å². The number of amides is 1. The van der Waals surface area contributed by atoms with Crippen LogP contribution in [0.5, 0.6) is 0 Å². The molecule has 1 amide bonds. The van der Waals surface area contributed by atoms with Crippen LogP contribution in [0.25, 0.3) is 0 Å². The Morgan fingerprint density at radius 2 is 2.30 bits per heavy atom. The molecule has 1 aliphatic rings. The maximum absolute atomic E-state index is 12.3. The van der Waals surface area contributed by atoms with Crippen LogP contribution < -0.4 is 5.73 Å². The molecule has 5 nitrogen and oxygen atoms in total. The molecule has 0 aromatic carbocycles. The van der Waals surface area contributed by atoms with Crippen LogP contribution in [0.4, 0.5) is 0 Å². The molecule has 1 fully saturated rings. The number of nitrogens with two attached hydrogens (primary N) is 1. The fourth-order valence-electron chi connectivity index (χ4n) is 2.64. The maximum Gasteiger partial charge on any atom is 0.225 e. The molecular formula is C15H23N3O2. The molecule has 1 aliphatic carbocycles. The Morgan fingerprint density at radius 3 is 2.95 bits per heavy atom. The van der Waals surface area contributed by atoms with Gasteiger partial charge in [-0.15, -0.1) is 0 Å². The van der Waals surface area contributed by atoms with Gasteiger partial charge in [0.05, 0.1) is 6.10 Å². The monoisotopic (exact) mass is 277 g/mol. The van der Waals surface area contributed by atoms with Gasteiger partial charge in [-0.2, -0.15) is 0 Å². The van der Waals surface area contributed by atoms with Gasteiger partial charge < -0.3 is 15.7 Å². The van der Waals surface area contributed by atoms with Crippen molar-refractivity contribution < 1.29 is 9.90 Å². The van der Waals surface area contributed by atoms with Crippen LogP contribution in [-0.4, -0.2) is 46.6 Å². The van der Waals surface area contributed by atoms with Crippen LogP contribution >= 0.6 is 0 Å². The molecule has 1 heterocycles. The predicted molar refractivity (Wildman–Crippen MR) is 76.9 cm³/mol. The van der Waals surface area contributed by atoms with E-state index in [0.717, 1.165) is 18.5 Å². The van der Waals surface area contributed by atoms with Gasteiger partial charge in [-0.25, -0.2) is 0 Å². The van der Waals surface area contributed by atoms with Crippen molar-refractivity contribution in [3.05, 3.63) is 30.1 Å². The number of carbonyl (C=O) groups is 1. The van der Waals surface area contributed by atoms with Crippen molar-refractivity contribution in [3.63, 3.8) is 0 Å². The van der Waals surface area contributed by atoms with Gasteiger partial charge in [0.15, 0.2) is 0 Å². The lowest BCUT2D eigenvalue weighted by Crippen LogP contribution is -2.45. The van der Waals surface area contributed by atoms with Crippen molar-refractivity contribution in [1.82, 2.24) is 9.88 Å². The van der Waals surface area contributed by atoms with E-state index in [-0.39, 0.29) is 17.9 Å². The Kier molecular flexibility index (Phi) is 5.09. The first kappa shape index (κ1) is 14.9. The van der Waals surface area contributed by atoms with E-state index < -0.39 is 6.10 Å². The summed E-state index contributed by atoms with van der Waals surface area (Å²) in [7, 11) is 1.81. The van der Waals surface area contributed by atoms with E-state index in [2.05, 4.69) is 4.98 Å². The number of rotatable bonds is 4. The Labute approximate surface area is 119 Å². The molecule has 0 bridgehead atoms. The molecule has 110 valence electrons. The standard InChI is InChI=1S/C15H23N3O2/c1-18(9-7-12-4-2-3-8-17-12)15(20)11-5-6-13(16)14(19)10-11/h2-4,8,11,13-14,19H,5-7,9-10,16H2,1H3/t11-,13+,14+/m0/s1. The van der Waals surface area contributed by atoms with Gasteiger partial charge in [0, 0.05) is 43.9 Å². The van der Waals surface area contributed by atoms with E-state index >= 15 is 0 Å². The van der Waals surface area contributed by atoms with E-state index in [9.17, 15) is 9.90 Å². The molecular weight excluding hydrogens is 254 g/mol. The van der Waals surface area contributed by atoms with Crippen molar-refractivity contribution >= 4 is 5.91 Å². The highest BCUT2D eigenvalue weighted by atomic mass is 16.3. The highest BCUT2D eigenvalue weighted by molar-refractivity contribution is 5.78. The summed E-state index contributed by atoms with van der Waals surface area (Å²) in [6, 6.07) is 5.60. The Hall–Kier alpha value is -1.46. The summed E-state index contributed by atoms with van der Waals surface area (Å²) in [6.07, 6.45) is 3.92.